The van der Waals surface area contributed by atoms with E-state index in [4.69, 9.17) is 0 Å². The van der Waals surface area contributed by atoms with E-state index in [1.165, 1.54) is 84.0 Å². The van der Waals surface area contributed by atoms with Crippen molar-refractivity contribution in [3.05, 3.63) is 88.7 Å². The fourth-order valence-corrected chi connectivity index (χ4v) is 7.46. The fourth-order valence-electron chi connectivity index (χ4n) is 7.46. The zero-order valence-electron chi connectivity index (χ0n) is 25.3. The first-order valence-electron chi connectivity index (χ1n) is 15.8. The van der Waals surface area contributed by atoms with E-state index in [2.05, 4.69) is 91.1 Å². The van der Waals surface area contributed by atoms with Gasteiger partial charge in [-0.15, -0.1) is 0 Å². The Morgan fingerprint density at radius 2 is 1.56 bits per heavy atom. The Kier molecular flexibility index (Phi) is 7.76. The number of aromatic amines is 1. The van der Waals surface area contributed by atoms with Crippen LogP contribution in [-0.2, 0) is 23.1 Å². The van der Waals surface area contributed by atoms with Gasteiger partial charge in [0, 0.05) is 40.6 Å². The summed E-state index contributed by atoms with van der Waals surface area (Å²) in [6, 6.07) is 20.6. The van der Waals surface area contributed by atoms with Gasteiger partial charge in [0.25, 0.3) is 0 Å². The first-order chi connectivity index (χ1) is 19.8. The molecule has 0 spiro atoms. The lowest BCUT2D eigenvalue weighted by Gasteiger charge is -2.33. The SMILES string of the molecule is Cc1cc(C)cc(-c2[nH]c3ccc(C(C)(C)C(=O)N4C5CCC4CC5)cc3c2CCCCCCc2ccccn2)c1. The largest absolute Gasteiger partial charge is 0.354 e. The topological polar surface area (TPSA) is 49.0 Å². The Morgan fingerprint density at radius 3 is 2.22 bits per heavy atom. The zero-order chi connectivity index (χ0) is 28.6. The maximum Gasteiger partial charge on any atom is 0.233 e. The molecule has 2 aromatic carbocycles. The van der Waals surface area contributed by atoms with Crippen LogP contribution < -0.4 is 0 Å². The van der Waals surface area contributed by atoms with Crippen molar-refractivity contribution >= 4 is 16.8 Å². The molecule has 4 nitrogen and oxygen atoms in total. The number of aryl methyl sites for hydroxylation is 4. The van der Waals surface area contributed by atoms with Gasteiger partial charge in [-0.2, -0.15) is 0 Å². The number of aromatic nitrogens is 2. The van der Waals surface area contributed by atoms with Gasteiger partial charge in [-0.3, -0.25) is 9.78 Å². The summed E-state index contributed by atoms with van der Waals surface area (Å²) < 4.78 is 0. The average Bonchev–Trinajstić information content (AvgIpc) is 3.67. The molecule has 2 aromatic heterocycles. The Labute approximate surface area is 245 Å². The standard InChI is InChI=1S/C37H45N3O/c1-25-21-26(2)23-27(22-25)35-32(13-8-6-5-7-11-29-12-9-10-20-38-29)33-24-28(14-19-34(33)39-35)37(3,4)36(41)40-30-15-16-31(40)18-17-30/h9-10,12,14,19-24,30-31,39H,5-8,11,13,15-18H2,1-4H3. The number of pyridine rings is 1. The molecule has 0 saturated carbocycles. The first-order valence-corrected chi connectivity index (χ1v) is 15.8. The van der Waals surface area contributed by atoms with Gasteiger partial charge in [0.15, 0.2) is 0 Å². The Bertz CT molecular complexity index is 1490. The highest BCUT2D eigenvalue weighted by molar-refractivity contribution is 5.94. The van der Waals surface area contributed by atoms with Gasteiger partial charge in [0.05, 0.1) is 5.41 Å². The number of H-pyrrole nitrogens is 1. The van der Waals surface area contributed by atoms with E-state index in [9.17, 15) is 4.79 Å². The molecule has 1 N–H and O–H groups in total. The molecular formula is C37H45N3O. The van der Waals surface area contributed by atoms with Gasteiger partial charge in [-0.1, -0.05) is 42.2 Å². The number of nitrogens with zero attached hydrogens (tertiary/aromatic N) is 2. The molecule has 0 radical (unpaired) electrons. The van der Waals surface area contributed by atoms with Crippen LogP contribution in [0, 0.1) is 13.8 Å². The molecule has 41 heavy (non-hydrogen) atoms. The van der Waals surface area contributed by atoms with Gasteiger partial charge in [0.2, 0.25) is 5.91 Å². The predicted octanol–water partition coefficient (Wildman–Crippen LogP) is 8.62. The Hall–Kier alpha value is -3.40. The summed E-state index contributed by atoms with van der Waals surface area (Å²) in [7, 11) is 0. The van der Waals surface area contributed by atoms with Crippen LogP contribution in [0.25, 0.3) is 22.2 Å². The summed E-state index contributed by atoms with van der Waals surface area (Å²) in [5.41, 5.74) is 9.39. The van der Waals surface area contributed by atoms with Crippen molar-refractivity contribution in [3.8, 4) is 11.3 Å². The number of amides is 1. The lowest BCUT2D eigenvalue weighted by Crippen LogP contribution is -2.45. The molecule has 2 bridgehead atoms. The van der Waals surface area contributed by atoms with Crippen LogP contribution in [0.5, 0.6) is 0 Å². The van der Waals surface area contributed by atoms with Crippen molar-refractivity contribution in [3.63, 3.8) is 0 Å². The van der Waals surface area contributed by atoms with Gasteiger partial charge < -0.3 is 9.88 Å². The van der Waals surface area contributed by atoms with Gasteiger partial charge in [-0.25, -0.2) is 0 Å². The lowest BCUT2D eigenvalue weighted by atomic mass is 9.82. The fraction of sp³-hybridized carbons (Fsp3) is 0.459. The number of carbonyl (C=O) groups is 1. The first kappa shape index (κ1) is 27.8. The van der Waals surface area contributed by atoms with Crippen molar-refractivity contribution in [1.82, 2.24) is 14.9 Å². The second-order valence-corrected chi connectivity index (χ2v) is 13.2. The summed E-state index contributed by atoms with van der Waals surface area (Å²) in [6.45, 7) is 8.62. The number of hydrogen-bond acceptors (Lipinski definition) is 2. The van der Waals surface area contributed by atoms with Gasteiger partial charge in [-0.05, 0) is 132 Å². The maximum atomic E-state index is 13.9. The minimum absolute atomic E-state index is 0.307. The third kappa shape index (κ3) is 5.58. The van der Waals surface area contributed by atoms with E-state index in [0.29, 0.717) is 18.0 Å². The third-order valence-electron chi connectivity index (χ3n) is 9.70. The number of rotatable bonds is 10. The monoisotopic (exact) mass is 547 g/mol. The molecule has 6 rings (SSSR count). The molecule has 4 heterocycles. The summed E-state index contributed by atoms with van der Waals surface area (Å²) in [4.78, 5) is 24.5. The molecule has 2 aliphatic heterocycles. The number of nitrogens with one attached hydrogen (secondary N) is 1. The minimum atomic E-state index is -0.542. The molecular weight excluding hydrogens is 502 g/mol. The number of hydrogen-bond donors (Lipinski definition) is 1. The Balaban J connectivity index is 1.27. The van der Waals surface area contributed by atoms with Crippen LogP contribution in [0.15, 0.2) is 60.8 Å². The second-order valence-electron chi connectivity index (χ2n) is 13.2. The molecule has 0 atom stereocenters. The summed E-state index contributed by atoms with van der Waals surface area (Å²) in [6.07, 6.45) is 13.4. The highest BCUT2D eigenvalue weighted by Gasteiger charge is 2.46. The van der Waals surface area contributed by atoms with Crippen LogP contribution in [0.4, 0.5) is 0 Å². The van der Waals surface area contributed by atoms with Crippen LogP contribution >= 0.6 is 0 Å². The van der Waals surface area contributed by atoms with Crippen LogP contribution in [0.1, 0.15) is 93.2 Å². The number of benzene rings is 2. The lowest BCUT2D eigenvalue weighted by molar-refractivity contribution is -0.137. The van der Waals surface area contributed by atoms with Crippen molar-refractivity contribution < 1.29 is 4.79 Å². The van der Waals surface area contributed by atoms with Crippen molar-refractivity contribution in [2.45, 2.75) is 109 Å². The molecule has 214 valence electrons. The van der Waals surface area contributed by atoms with E-state index < -0.39 is 5.41 Å². The smallest absolute Gasteiger partial charge is 0.233 e. The Morgan fingerprint density at radius 1 is 0.878 bits per heavy atom. The minimum Gasteiger partial charge on any atom is -0.354 e. The molecule has 1 amide bonds. The van der Waals surface area contributed by atoms with E-state index in [0.717, 1.165) is 30.3 Å². The van der Waals surface area contributed by atoms with E-state index in [-0.39, 0.29) is 0 Å². The van der Waals surface area contributed by atoms with Crippen LogP contribution in [-0.4, -0.2) is 32.9 Å². The average molecular weight is 548 g/mol. The summed E-state index contributed by atoms with van der Waals surface area (Å²) in [5, 5.41) is 1.27. The van der Waals surface area contributed by atoms with Crippen molar-refractivity contribution in [2.75, 3.05) is 0 Å². The van der Waals surface area contributed by atoms with Crippen LogP contribution in [0.3, 0.4) is 0 Å². The molecule has 2 aliphatic rings. The number of fused-ring (bicyclic) bond motifs is 3. The quantitative estimate of drug-likeness (QED) is 0.202. The molecule has 2 saturated heterocycles. The molecule has 4 aromatic rings. The number of carbonyl (C=O) groups excluding carboxylic acids is 1. The van der Waals surface area contributed by atoms with E-state index in [1.807, 2.05) is 12.3 Å². The van der Waals surface area contributed by atoms with Gasteiger partial charge in [0.1, 0.15) is 0 Å². The van der Waals surface area contributed by atoms with Crippen molar-refractivity contribution in [1.29, 1.82) is 0 Å². The molecule has 0 aliphatic carbocycles. The zero-order valence-corrected chi connectivity index (χ0v) is 25.3. The molecule has 0 unspecified atom stereocenters. The normalized spacial score (nSPS) is 18.5. The third-order valence-corrected chi connectivity index (χ3v) is 9.70. The highest BCUT2D eigenvalue weighted by Crippen LogP contribution is 2.42. The molecule has 2 fully saturated rings. The van der Waals surface area contributed by atoms with Crippen molar-refractivity contribution in [2.24, 2.45) is 0 Å². The highest BCUT2D eigenvalue weighted by atomic mass is 16.2. The second kappa shape index (κ2) is 11.5. The summed E-state index contributed by atoms with van der Waals surface area (Å²) in [5.74, 6) is 0.307. The maximum absolute atomic E-state index is 13.9. The molecule has 4 heteroatoms. The predicted molar refractivity (Wildman–Crippen MR) is 169 cm³/mol. The van der Waals surface area contributed by atoms with Crippen LogP contribution in [0.2, 0.25) is 0 Å². The van der Waals surface area contributed by atoms with Gasteiger partial charge >= 0.3 is 0 Å². The number of unbranched alkanes of at least 4 members (excludes halogenated alkanes) is 3. The summed E-state index contributed by atoms with van der Waals surface area (Å²) >= 11 is 0. The van der Waals surface area contributed by atoms with E-state index in [1.54, 1.807) is 0 Å². The van der Waals surface area contributed by atoms with E-state index >= 15 is 0 Å².